The number of benzene rings is 1. The van der Waals surface area contributed by atoms with Crippen LogP contribution < -0.4 is 15.4 Å². The number of ether oxygens (including phenoxy) is 2. The van der Waals surface area contributed by atoms with Crippen molar-refractivity contribution in [3.63, 3.8) is 0 Å². The molecule has 2 heterocycles. The summed E-state index contributed by atoms with van der Waals surface area (Å²) in [6.07, 6.45) is 6.71. The number of hydrogen-bond donors (Lipinski definition) is 3. The normalized spacial score (nSPS) is 18.6. The number of aliphatic hydroxyl groups is 1. The molecule has 1 amide bonds. The Morgan fingerprint density at radius 3 is 2.94 bits per heavy atom. The van der Waals surface area contributed by atoms with Crippen LogP contribution in [0, 0.1) is 0 Å². The van der Waals surface area contributed by atoms with Crippen LogP contribution in [0.4, 0.5) is 5.69 Å². The second-order valence-electron chi connectivity index (χ2n) is 7.94. The van der Waals surface area contributed by atoms with Crippen molar-refractivity contribution >= 4 is 17.8 Å². The number of carbonyl (C=O) groups is 1. The molecule has 2 aromatic rings. The Kier molecular flexibility index (Phi) is 6.79. The van der Waals surface area contributed by atoms with Crippen LogP contribution in [0.25, 0.3) is 0 Å². The fraction of sp³-hybridized carbons (Fsp3) is 0.435. The highest BCUT2D eigenvalue weighted by Gasteiger charge is 2.24. The molecule has 1 aromatic heterocycles. The fourth-order valence-corrected chi connectivity index (χ4v) is 3.64. The number of fused-ring (bicyclic) bond motifs is 1. The largest absolute Gasteiger partial charge is 0.468 e. The van der Waals surface area contributed by atoms with E-state index < -0.39 is 6.10 Å². The smallest absolute Gasteiger partial charge is 0.270 e. The van der Waals surface area contributed by atoms with Crippen LogP contribution in [0.5, 0.6) is 5.75 Å². The minimum atomic E-state index is -0.797. The number of methoxy groups -OCH3 is 1. The molecule has 1 aliphatic carbocycles. The van der Waals surface area contributed by atoms with Crippen LogP contribution in [-0.4, -0.2) is 60.8 Å². The number of anilines is 1. The summed E-state index contributed by atoms with van der Waals surface area (Å²) in [4.78, 5) is 21.1. The summed E-state index contributed by atoms with van der Waals surface area (Å²) < 4.78 is 10.4. The van der Waals surface area contributed by atoms with Crippen molar-refractivity contribution in [1.82, 2.24) is 10.3 Å². The molecule has 0 radical (unpaired) electrons. The highest BCUT2D eigenvalue weighted by atomic mass is 16.7. The quantitative estimate of drug-likeness (QED) is 0.533. The van der Waals surface area contributed by atoms with Crippen LogP contribution in [0.2, 0.25) is 0 Å². The molecule has 2 atom stereocenters. The van der Waals surface area contributed by atoms with Crippen molar-refractivity contribution in [2.45, 2.75) is 43.9 Å². The number of aromatic nitrogens is 1. The summed E-state index contributed by atoms with van der Waals surface area (Å²) in [5.41, 5.74) is 3.26. The number of nitrogens with one attached hydrogen (secondary N) is 2. The van der Waals surface area contributed by atoms with Crippen molar-refractivity contribution < 1.29 is 19.4 Å². The topological polar surface area (TPSA) is 105 Å². The second-order valence-corrected chi connectivity index (χ2v) is 7.94. The predicted molar refractivity (Wildman–Crippen MR) is 118 cm³/mol. The van der Waals surface area contributed by atoms with E-state index in [0.717, 1.165) is 29.7 Å². The van der Waals surface area contributed by atoms with Crippen molar-refractivity contribution in [3.8, 4) is 5.75 Å². The van der Waals surface area contributed by atoms with Gasteiger partial charge in [0, 0.05) is 37.8 Å². The molecule has 1 aliphatic heterocycles. The second kappa shape index (κ2) is 9.89. The molecule has 1 fully saturated rings. The molecule has 0 spiro atoms. The minimum absolute atomic E-state index is 0.104. The highest BCUT2D eigenvalue weighted by Crippen LogP contribution is 2.24. The van der Waals surface area contributed by atoms with Crippen LogP contribution in [-0.2, 0) is 11.2 Å². The van der Waals surface area contributed by atoms with Gasteiger partial charge in [-0.25, -0.2) is 0 Å². The van der Waals surface area contributed by atoms with Gasteiger partial charge in [0.25, 0.3) is 5.91 Å². The van der Waals surface area contributed by atoms with Gasteiger partial charge in [-0.1, -0.05) is 6.07 Å². The van der Waals surface area contributed by atoms with Crippen LogP contribution in [0.3, 0.4) is 0 Å². The zero-order valence-electron chi connectivity index (χ0n) is 17.6. The summed E-state index contributed by atoms with van der Waals surface area (Å²) in [7, 11) is 1.57. The van der Waals surface area contributed by atoms with Crippen molar-refractivity contribution in [2.24, 2.45) is 4.99 Å². The third-order valence-electron chi connectivity index (χ3n) is 5.68. The maximum absolute atomic E-state index is 12.5. The van der Waals surface area contributed by atoms with E-state index in [0.29, 0.717) is 23.9 Å². The van der Waals surface area contributed by atoms with E-state index in [-0.39, 0.29) is 25.3 Å². The van der Waals surface area contributed by atoms with E-state index in [4.69, 9.17) is 9.47 Å². The highest BCUT2D eigenvalue weighted by molar-refractivity contribution is 5.93. The molecule has 2 aliphatic rings. The lowest BCUT2D eigenvalue weighted by Gasteiger charge is -2.27. The van der Waals surface area contributed by atoms with Gasteiger partial charge >= 0.3 is 0 Å². The third kappa shape index (κ3) is 5.39. The van der Waals surface area contributed by atoms with Gasteiger partial charge in [0.2, 0.25) is 0 Å². The molecule has 1 unspecified atom stereocenters. The molecule has 0 saturated heterocycles. The number of nitrogens with zero attached hydrogens (tertiary/aromatic N) is 2. The number of pyridine rings is 1. The molecule has 1 aromatic carbocycles. The number of rotatable bonds is 9. The molecule has 0 bridgehead atoms. The SMILES string of the molecule is COCOc1ccc2c(c1)C=NC([C@H](O)CNC(=O)c1cc(NC3CCC3)ccn1)C2. The maximum atomic E-state index is 12.5. The van der Waals surface area contributed by atoms with Crippen LogP contribution in [0.1, 0.15) is 40.9 Å². The summed E-state index contributed by atoms with van der Waals surface area (Å²) >= 11 is 0. The van der Waals surface area contributed by atoms with Crippen LogP contribution in [0.15, 0.2) is 41.5 Å². The van der Waals surface area contributed by atoms with E-state index >= 15 is 0 Å². The van der Waals surface area contributed by atoms with E-state index in [9.17, 15) is 9.90 Å². The van der Waals surface area contributed by atoms with Gasteiger partial charge in [-0.3, -0.25) is 14.8 Å². The Bertz CT molecular complexity index is 945. The van der Waals surface area contributed by atoms with E-state index in [2.05, 4.69) is 20.6 Å². The first-order valence-electron chi connectivity index (χ1n) is 10.6. The summed E-state index contributed by atoms with van der Waals surface area (Å²) in [6.45, 7) is 0.290. The Balaban J connectivity index is 1.30. The molecule has 164 valence electrons. The number of hydrogen-bond acceptors (Lipinski definition) is 7. The van der Waals surface area contributed by atoms with Gasteiger partial charge in [0.15, 0.2) is 6.79 Å². The predicted octanol–water partition coefficient (Wildman–Crippen LogP) is 2.16. The number of carbonyl (C=O) groups excluding carboxylic acids is 1. The maximum Gasteiger partial charge on any atom is 0.270 e. The van der Waals surface area contributed by atoms with E-state index in [1.807, 2.05) is 24.3 Å². The molecule has 8 heteroatoms. The number of amides is 1. The van der Waals surface area contributed by atoms with Gasteiger partial charge in [0.1, 0.15) is 11.4 Å². The average molecular weight is 425 g/mol. The number of aliphatic hydroxyl groups excluding tert-OH is 1. The molecular formula is C23H28N4O4. The number of aliphatic imine (C=N–C) groups is 1. The lowest BCUT2D eigenvalue weighted by molar-refractivity contribution is 0.0511. The average Bonchev–Trinajstić information content (AvgIpc) is 2.78. The Hall–Kier alpha value is -2.97. The fourth-order valence-electron chi connectivity index (χ4n) is 3.64. The standard InChI is InChI=1S/C23H28N4O4/c1-30-14-31-19-6-5-15-10-20(25-12-16(15)9-19)22(28)13-26-23(29)21-11-18(7-8-24-21)27-17-3-2-4-17/h5-9,11-12,17,20,22,28H,2-4,10,13-14H2,1H3,(H,24,27)(H,26,29)/t20?,22-/m1/s1. The lowest BCUT2D eigenvalue weighted by Crippen LogP contribution is -2.40. The first-order chi connectivity index (χ1) is 15.1. The lowest BCUT2D eigenvalue weighted by atomic mass is 9.93. The molecule has 8 nitrogen and oxygen atoms in total. The van der Waals surface area contributed by atoms with Crippen molar-refractivity contribution in [3.05, 3.63) is 53.3 Å². The minimum Gasteiger partial charge on any atom is -0.468 e. The summed E-state index contributed by atoms with van der Waals surface area (Å²) in [5.74, 6) is 0.399. The van der Waals surface area contributed by atoms with E-state index in [1.165, 1.54) is 6.42 Å². The zero-order valence-corrected chi connectivity index (χ0v) is 17.6. The third-order valence-corrected chi connectivity index (χ3v) is 5.68. The van der Waals surface area contributed by atoms with Gasteiger partial charge in [-0.2, -0.15) is 0 Å². The Morgan fingerprint density at radius 1 is 1.29 bits per heavy atom. The molecule has 1 saturated carbocycles. The molecular weight excluding hydrogens is 396 g/mol. The van der Waals surface area contributed by atoms with Gasteiger partial charge < -0.3 is 25.2 Å². The Morgan fingerprint density at radius 2 is 2.16 bits per heavy atom. The monoisotopic (exact) mass is 424 g/mol. The first-order valence-corrected chi connectivity index (χ1v) is 10.6. The van der Waals surface area contributed by atoms with Crippen molar-refractivity contribution in [2.75, 3.05) is 25.8 Å². The van der Waals surface area contributed by atoms with E-state index in [1.54, 1.807) is 25.6 Å². The van der Waals surface area contributed by atoms with Crippen LogP contribution >= 0.6 is 0 Å². The van der Waals surface area contributed by atoms with Gasteiger partial charge in [-0.15, -0.1) is 0 Å². The van der Waals surface area contributed by atoms with Gasteiger partial charge in [0.05, 0.1) is 12.1 Å². The molecule has 31 heavy (non-hydrogen) atoms. The zero-order chi connectivity index (χ0) is 21.6. The van der Waals surface area contributed by atoms with Gasteiger partial charge in [-0.05, 0) is 61.1 Å². The summed E-state index contributed by atoms with van der Waals surface area (Å²) in [5, 5.41) is 16.8. The molecule has 4 rings (SSSR count). The first kappa shape index (κ1) is 21.3. The molecule has 3 N–H and O–H groups in total. The Labute approximate surface area is 181 Å². The summed E-state index contributed by atoms with van der Waals surface area (Å²) in [6, 6.07) is 9.51. The van der Waals surface area contributed by atoms with Crippen molar-refractivity contribution in [1.29, 1.82) is 0 Å².